The molecule has 0 radical (unpaired) electrons. The van der Waals surface area contributed by atoms with E-state index in [2.05, 4.69) is 15.5 Å². The minimum atomic E-state index is -0.0102. The zero-order valence-corrected chi connectivity index (χ0v) is 10.7. The van der Waals surface area contributed by atoms with Crippen molar-refractivity contribution in [3.63, 3.8) is 0 Å². The Bertz CT molecular complexity index is 623. The summed E-state index contributed by atoms with van der Waals surface area (Å²) < 4.78 is 5.62. The number of hydrogen-bond donors (Lipinski definition) is 2. The molecule has 1 aliphatic carbocycles. The number of amides is 1. The van der Waals surface area contributed by atoms with Crippen molar-refractivity contribution >= 4 is 17.4 Å². The van der Waals surface area contributed by atoms with Gasteiger partial charge in [0.15, 0.2) is 11.6 Å². The highest BCUT2D eigenvalue weighted by Crippen LogP contribution is 2.30. The SMILES string of the molecule is Nc1ccc(Oc2cnnc(NC(=O)C3CC3)c2)cc1. The molecule has 3 N–H and O–H groups in total. The molecule has 0 spiro atoms. The Kier molecular flexibility index (Phi) is 3.20. The highest BCUT2D eigenvalue weighted by Gasteiger charge is 2.29. The molecule has 6 heteroatoms. The van der Waals surface area contributed by atoms with Crippen LogP contribution in [-0.4, -0.2) is 16.1 Å². The second-order valence-corrected chi connectivity index (χ2v) is 4.71. The number of nitrogens with two attached hydrogens (primary N) is 1. The van der Waals surface area contributed by atoms with Crippen LogP contribution in [0.25, 0.3) is 0 Å². The maximum atomic E-state index is 11.6. The van der Waals surface area contributed by atoms with Gasteiger partial charge in [-0.2, -0.15) is 5.10 Å². The second kappa shape index (κ2) is 5.16. The number of nitrogens with one attached hydrogen (secondary N) is 1. The number of nitrogen functional groups attached to an aromatic ring is 1. The highest BCUT2D eigenvalue weighted by molar-refractivity contribution is 5.93. The quantitative estimate of drug-likeness (QED) is 0.831. The molecular formula is C14H14N4O2. The first kappa shape index (κ1) is 12.4. The Morgan fingerprint density at radius 1 is 1.25 bits per heavy atom. The fourth-order valence-corrected chi connectivity index (χ4v) is 1.71. The van der Waals surface area contributed by atoms with E-state index in [1.807, 2.05) is 0 Å². The van der Waals surface area contributed by atoms with Crippen LogP contribution in [0.1, 0.15) is 12.8 Å². The molecule has 0 bridgehead atoms. The van der Waals surface area contributed by atoms with Gasteiger partial charge in [-0.25, -0.2) is 0 Å². The Balaban J connectivity index is 1.70. The molecule has 20 heavy (non-hydrogen) atoms. The Morgan fingerprint density at radius 3 is 2.70 bits per heavy atom. The second-order valence-electron chi connectivity index (χ2n) is 4.71. The molecule has 0 unspecified atom stereocenters. The van der Waals surface area contributed by atoms with Gasteiger partial charge in [-0.1, -0.05) is 0 Å². The average Bonchev–Trinajstić information content (AvgIpc) is 3.26. The summed E-state index contributed by atoms with van der Waals surface area (Å²) in [5, 5.41) is 10.4. The standard InChI is InChI=1S/C14H14N4O2/c15-10-3-5-11(6-4-10)20-12-7-13(18-16-8-12)17-14(19)9-1-2-9/h3-9H,1-2,15H2,(H,17,18,19). The molecule has 1 amide bonds. The third kappa shape index (κ3) is 3.03. The summed E-state index contributed by atoms with van der Waals surface area (Å²) in [6, 6.07) is 8.67. The zero-order valence-electron chi connectivity index (χ0n) is 10.7. The molecule has 1 fully saturated rings. The monoisotopic (exact) mass is 270 g/mol. The van der Waals surface area contributed by atoms with Crippen LogP contribution in [0.15, 0.2) is 36.5 Å². The van der Waals surface area contributed by atoms with Gasteiger partial charge in [0.1, 0.15) is 5.75 Å². The fraction of sp³-hybridized carbons (Fsp3) is 0.214. The first-order valence-electron chi connectivity index (χ1n) is 6.38. The van der Waals surface area contributed by atoms with Crippen LogP contribution in [0.5, 0.6) is 11.5 Å². The number of nitrogens with zero attached hydrogens (tertiary/aromatic N) is 2. The molecule has 1 aliphatic rings. The molecular weight excluding hydrogens is 256 g/mol. The van der Waals surface area contributed by atoms with E-state index in [0.717, 1.165) is 12.8 Å². The maximum Gasteiger partial charge on any atom is 0.228 e. The third-order valence-corrected chi connectivity index (χ3v) is 2.94. The summed E-state index contributed by atoms with van der Waals surface area (Å²) >= 11 is 0. The molecule has 0 aliphatic heterocycles. The van der Waals surface area contributed by atoms with Gasteiger partial charge in [0, 0.05) is 17.7 Å². The third-order valence-electron chi connectivity index (χ3n) is 2.94. The lowest BCUT2D eigenvalue weighted by Gasteiger charge is -2.07. The Hall–Kier alpha value is -2.63. The van der Waals surface area contributed by atoms with Crippen molar-refractivity contribution in [1.29, 1.82) is 0 Å². The molecule has 2 aromatic rings. The molecule has 3 rings (SSSR count). The number of rotatable bonds is 4. The van der Waals surface area contributed by atoms with Gasteiger partial charge in [-0.3, -0.25) is 4.79 Å². The fourth-order valence-electron chi connectivity index (χ4n) is 1.71. The molecule has 6 nitrogen and oxygen atoms in total. The largest absolute Gasteiger partial charge is 0.456 e. The summed E-state index contributed by atoms with van der Waals surface area (Å²) in [6.07, 6.45) is 3.38. The van der Waals surface area contributed by atoms with Gasteiger partial charge in [0.2, 0.25) is 5.91 Å². The maximum absolute atomic E-state index is 11.6. The van der Waals surface area contributed by atoms with Crippen LogP contribution in [0.3, 0.4) is 0 Å². The summed E-state index contributed by atoms with van der Waals surface area (Å²) in [7, 11) is 0. The van der Waals surface area contributed by atoms with Crippen molar-refractivity contribution in [1.82, 2.24) is 10.2 Å². The van der Waals surface area contributed by atoms with E-state index in [1.54, 1.807) is 30.3 Å². The van der Waals surface area contributed by atoms with E-state index >= 15 is 0 Å². The van der Waals surface area contributed by atoms with Gasteiger partial charge in [-0.05, 0) is 37.1 Å². The van der Waals surface area contributed by atoms with E-state index in [4.69, 9.17) is 10.5 Å². The van der Waals surface area contributed by atoms with Gasteiger partial charge < -0.3 is 15.8 Å². The van der Waals surface area contributed by atoms with Gasteiger partial charge in [0.05, 0.1) is 6.20 Å². The highest BCUT2D eigenvalue weighted by atomic mass is 16.5. The average molecular weight is 270 g/mol. The molecule has 1 saturated carbocycles. The number of carbonyl (C=O) groups is 1. The number of aromatic nitrogens is 2. The summed E-state index contributed by atoms with van der Waals surface area (Å²) in [5.41, 5.74) is 6.28. The van der Waals surface area contributed by atoms with Crippen LogP contribution in [0.4, 0.5) is 11.5 Å². The molecule has 0 saturated heterocycles. The molecule has 102 valence electrons. The van der Waals surface area contributed by atoms with Crippen molar-refractivity contribution in [3.8, 4) is 11.5 Å². The summed E-state index contributed by atoms with van der Waals surface area (Å²) in [6.45, 7) is 0. The van der Waals surface area contributed by atoms with E-state index in [-0.39, 0.29) is 11.8 Å². The van der Waals surface area contributed by atoms with Gasteiger partial charge in [0.25, 0.3) is 0 Å². The van der Waals surface area contributed by atoms with Crippen LogP contribution in [0.2, 0.25) is 0 Å². The number of ether oxygens (including phenoxy) is 1. The topological polar surface area (TPSA) is 90.1 Å². The van der Waals surface area contributed by atoms with Crippen molar-refractivity contribution < 1.29 is 9.53 Å². The minimum absolute atomic E-state index is 0.0102. The minimum Gasteiger partial charge on any atom is -0.456 e. The van der Waals surface area contributed by atoms with Crippen LogP contribution in [0, 0.1) is 5.92 Å². The number of hydrogen-bond acceptors (Lipinski definition) is 5. The Morgan fingerprint density at radius 2 is 2.00 bits per heavy atom. The van der Waals surface area contributed by atoms with Crippen molar-refractivity contribution in [3.05, 3.63) is 36.5 Å². The predicted molar refractivity (Wildman–Crippen MR) is 74.3 cm³/mol. The van der Waals surface area contributed by atoms with Crippen molar-refractivity contribution in [2.45, 2.75) is 12.8 Å². The van der Waals surface area contributed by atoms with Crippen molar-refractivity contribution in [2.75, 3.05) is 11.1 Å². The van der Waals surface area contributed by atoms with Gasteiger partial charge in [-0.15, -0.1) is 5.10 Å². The first-order chi connectivity index (χ1) is 9.70. The van der Waals surface area contributed by atoms with Gasteiger partial charge >= 0.3 is 0 Å². The lowest BCUT2D eigenvalue weighted by Crippen LogP contribution is -2.14. The number of benzene rings is 1. The number of anilines is 2. The molecule has 1 aromatic heterocycles. The van der Waals surface area contributed by atoms with Crippen LogP contribution in [-0.2, 0) is 4.79 Å². The van der Waals surface area contributed by atoms with E-state index < -0.39 is 0 Å². The lowest BCUT2D eigenvalue weighted by molar-refractivity contribution is -0.117. The lowest BCUT2D eigenvalue weighted by atomic mass is 10.3. The van der Waals surface area contributed by atoms with Crippen LogP contribution < -0.4 is 15.8 Å². The van der Waals surface area contributed by atoms with Crippen LogP contribution >= 0.6 is 0 Å². The zero-order chi connectivity index (χ0) is 13.9. The molecule has 1 aromatic carbocycles. The van der Waals surface area contributed by atoms with E-state index in [1.165, 1.54) is 6.20 Å². The van der Waals surface area contributed by atoms with Crippen molar-refractivity contribution in [2.24, 2.45) is 5.92 Å². The Labute approximate surface area is 116 Å². The van der Waals surface area contributed by atoms with E-state index in [0.29, 0.717) is 23.0 Å². The molecule has 0 atom stereocenters. The normalized spacial score (nSPS) is 13.8. The summed E-state index contributed by atoms with van der Waals surface area (Å²) in [4.78, 5) is 11.6. The van der Waals surface area contributed by atoms with E-state index in [9.17, 15) is 4.79 Å². The molecule has 1 heterocycles. The number of carbonyl (C=O) groups excluding carboxylic acids is 1. The smallest absolute Gasteiger partial charge is 0.228 e. The predicted octanol–water partition coefficient (Wildman–Crippen LogP) is 2.20. The summed E-state index contributed by atoms with van der Waals surface area (Å²) in [5.74, 6) is 1.67. The first-order valence-corrected chi connectivity index (χ1v) is 6.38.